The number of hydrogen-bond acceptors (Lipinski definition) is 15. The molecular weight excluding hydrogens is 586 g/mol. The second-order valence-electron chi connectivity index (χ2n) is 7.06. The van der Waals surface area contributed by atoms with Crippen LogP contribution in [0.3, 0.4) is 0 Å². The van der Waals surface area contributed by atoms with Gasteiger partial charge in [-0.15, -0.1) is 34.4 Å². The monoisotopic (exact) mass is 600 g/mol. The number of nitrogens with one attached hydrogen (secondary N) is 1. The molecule has 184 valence electrons. The van der Waals surface area contributed by atoms with Crippen LogP contribution in [0.5, 0.6) is 0 Å². The largest absolute Gasteiger partial charge is 1.00 e. The fraction of sp³-hybridized carbons (Fsp3) is 0.278. The van der Waals surface area contributed by atoms with Crippen molar-refractivity contribution in [2.75, 3.05) is 17.2 Å². The number of nitrogen functional groups attached to an aromatic ring is 1. The van der Waals surface area contributed by atoms with Crippen LogP contribution in [0.15, 0.2) is 31.5 Å². The summed E-state index contributed by atoms with van der Waals surface area (Å²) in [7, 11) is 0. The molecule has 0 aliphatic carbocycles. The van der Waals surface area contributed by atoms with Crippen LogP contribution in [0.1, 0.15) is 11.4 Å². The van der Waals surface area contributed by atoms with E-state index in [1.54, 1.807) is 5.38 Å². The molecule has 1 unspecified atom stereocenters. The Kier molecular flexibility index (Phi) is 11.9. The molecule has 4 heterocycles. The van der Waals surface area contributed by atoms with E-state index >= 15 is 0 Å². The molecule has 4 N–H and O–H groups in total. The maximum Gasteiger partial charge on any atom is 1.00 e. The molecule has 2 aliphatic heterocycles. The standard InChI is InChI=1S/C18H16N6O7S4.2Na/c19-17-21-8(5-33-17)10(23-31)13(27)22-11-14(28)24-12(16(29)30)6(2-32-15(11)24)3-34-18-20-7(4-35-18)1-9(25)26;;/h4-5,11,15,31H,1-3H2,(H2,19,21)(H,22,27)(H,25,26)(H,29,30);;/q;2*+1/p-2/t11?,15-;;/m0../s1. The van der Waals surface area contributed by atoms with Gasteiger partial charge in [-0.2, -0.15) is 0 Å². The van der Waals surface area contributed by atoms with E-state index in [1.807, 2.05) is 0 Å². The number of thiazole rings is 2. The molecule has 37 heavy (non-hydrogen) atoms. The average Bonchev–Trinajstić information content (AvgIpc) is 3.43. The number of hydrogen-bond donors (Lipinski definition) is 3. The second-order valence-corrected chi connectivity index (χ2v) is 11.1. The van der Waals surface area contributed by atoms with Crippen LogP contribution in [-0.2, 0) is 25.6 Å². The fourth-order valence-electron chi connectivity index (χ4n) is 3.33. The Morgan fingerprint density at radius 2 is 1.97 bits per heavy atom. The van der Waals surface area contributed by atoms with Crippen molar-refractivity contribution < 1.29 is 93.7 Å². The molecule has 2 aromatic rings. The zero-order valence-corrected chi connectivity index (χ0v) is 26.6. The van der Waals surface area contributed by atoms with Crippen LogP contribution >= 0.6 is 46.2 Å². The number of nitrogens with zero attached hydrogens (tertiary/aromatic N) is 4. The summed E-state index contributed by atoms with van der Waals surface area (Å²) in [6.07, 6.45) is -0.324. The summed E-state index contributed by atoms with van der Waals surface area (Å²) in [6.45, 7) is 0. The third kappa shape index (κ3) is 7.09. The third-order valence-corrected chi connectivity index (χ3v) is 9.00. The predicted molar refractivity (Wildman–Crippen MR) is 123 cm³/mol. The summed E-state index contributed by atoms with van der Waals surface area (Å²) in [6, 6.07) is -1.05. The molecule has 2 aliphatic rings. The van der Waals surface area contributed by atoms with Crippen molar-refractivity contribution in [3.05, 3.63) is 33.4 Å². The van der Waals surface area contributed by atoms with Crippen LogP contribution in [0, 0.1) is 0 Å². The predicted octanol–water partition coefficient (Wildman–Crippen LogP) is -8.14. The number of oxime groups is 1. The molecule has 4 rings (SSSR count). The minimum absolute atomic E-state index is 0. The van der Waals surface area contributed by atoms with Gasteiger partial charge in [0.2, 0.25) is 0 Å². The number of aliphatic carboxylic acids is 2. The van der Waals surface area contributed by atoms with Crippen molar-refractivity contribution in [2.24, 2.45) is 5.16 Å². The quantitative estimate of drug-likeness (QED) is 0.0611. The first kappa shape index (κ1) is 32.1. The number of aromatic nitrogens is 2. The molecule has 2 atom stereocenters. The van der Waals surface area contributed by atoms with Crippen LogP contribution in [-0.4, -0.2) is 72.5 Å². The van der Waals surface area contributed by atoms with E-state index < -0.39 is 40.9 Å². The van der Waals surface area contributed by atoms with Gasteiger partial charge in [0, 0.05) is 34.7 Å². The number of carboxylic acids is 2. The number of carboxylic acid groups (broad SMARTS) is 2. The van der Waals surface area contributed by atoms with Crippen LogP contribution < -0.4 is 80.4 Å². The first-order chi connectivity index (χ1) is 16.7. The minimum atomic E-state index is -1.53. The van der Waals surface area contributed by atoms with Gasteiger partial charge in [-0.25, -0.2) is 9.97 Å². The summed E-state index contributed by atoms with van der Waals surface area (Å²) >= 11 is 4.71. The third-order valence-electron chi connectivity index (χ3n) is 4.83. The molecule has 1 saturated heterocycles. The van der Waals surface area contributed by atoms with E-state index in [0.29, 0.717) is 15.6 Å². The molecule has 1 fully saturated rings. The Labute approximate surface area is 269 Å². The van der Waals surface area contributed by atoms with Gasteiger partial charge in [-0.1, -0.05) is 16.9 Å². The van der Waals surface area contributed by atoms with Gasteiger partial charge in [0.05, 0.1) is 17.4 Å². The van der Waals surface area contributed by atoms with Crippen molar-refractivity contribution in [2.45, 2.75) is 22.2 Å². The first-order valence-corrected chi connectivity index (χ1v) is 13.4. The van der Waals surface area contributed by atoms with Gasteiger partial charge < -0.3 is 36.1 Å². The van der Waals surface area contributed by atoms with Crippen molar-refractivity contribution in [1.29, 1.82) is 0 Å². The smallest absolute Gasteiger partial charge is 0.550 e. The van der Waals surface area contributed by atoms with Gasteiger partial charge in [0.15, 0.2) is 10.8 Å². The van der Waals surface area contributed by atoms with E-state index in [0.717, 1.165) is 16.2 Å². The number of amides is 2. The number of fused-ring (bicyclic) bond motifs is 1. The fourth-order valence-corrected chi connectivity index (χ4v) is 7.21. The number of nitrogens with two attached hydrogens (primary N) is 1. The number of thioether (sulfide) groups is 2. The van der Waals surface area contributed by atoms with Crippen molar-refractivity contribution >= 4 is 80.8 Å². The minimum Gasteiger partial charge on any atom is -0.550 e. The van der Waals surface area contributed by atoms with Gasteiger partial charge >= 0.3 is 59.1 Å². The van der Waals surface area contributed by atoms with Gasteiger partial charge in [0.25, 0.3) is 11.8 Å². The average molecular weight is 601 g/mol. The van der Waals surface area contributed by atoms with Crippen molar-refractivity contribution in [3.8, 4) is 0 Å². The molecule has 2 aromatic heterocycles. The van der Waals surface area contributed by atoms with E-state index in [2.05, 4.69) is 20.4 Å². The maximum atomic E-state index is 12.8. The molecule has 0 bridgehead atoms. The Bertz CT molecular complexity index is 1280. The van der Waals surface area contributed by atoms with Crippen LogP contribution in [0.4, 0.5) is 5.13 Å². The van der Waals surface area contributed by atoms with Gasteiger partial charge in [-0.3, -0.25) is 14.5 Å². The zero-order valence-electron chi connectivity index (χ0n) is 19.3. The first-order valence-electron chi connectivity index (χ1n) is 9.59. The number of anilines is 1. The van der Waals surface area contributed by atoms with E-state index in [4.69, 9.17) is 5.73 Å². The Balaban J connectivity index is 0.00000241. The summed E-state index contributed by atoms with van der Waals surface area (Å²) in [4.78, 5) is 57.0. The van der Waals surface area contributed by atoms with Gasteiger partial charge in [0.1, 0.15) is 21.4 Å². The van der Waals surface area contributed by atoms with Crippen molar-refractivity contribution in [3.63, 3.8) is 0 Å². The second kappa shape index (κ2) is 13.8. The molecule has 0 spiro atoms. The van der Waals surface area contributed by atoms with Crippen LogP contribution in [0.25, 0.3) is 0 Å². The number of carbonyl (C=O) groups is 4. The SMILES string of the molecule is Nc1nc(C(=NO)C(=O)NC2C(=O)N3C(C(=O)[O-])=C(CSc4nc(CC(=O)[O-])cs4)CS[C@@H]23)cs1.[Na+].[Na+]. The molecule has 0 radical (unpaired) electrons. The molecule has 19 heteroatoms. The summed E-state index contributed by atoms with van der Waals surface area (Å²) in [5.74, 6) is -3.87. The zero-order chi connectivity index (χ0) is 25.3. The summed E-state index contributed by atoms with van der Waals surface area (Å²) in [5.41, 5.74) is 5.64. The Morgan fingerprint density at radius 3 is 2.57 bits per heavy atom. The number of rotatable bonds is 9. The molecule has 0 saturated carbocycles. The molecule has 2 amide bonds. The molecule has 13 nitrogen and oxygen atoms in total. The molecule has 0 aromatic carbocycles. The van der Waals surface area contributed by atoms with Crippen LogP contribution in [0.2, 0.25) is 0 Å². The normalized spacial score (nSPS) is 18.8. The summed E-state index contributed by atoms with van der Waals surface area (Å²) < 4.78 is 0.539. The Morgan fingerprint density at radius 1 is 1.24 bits per heavy atom. The van der Waals surface area contributed by atoms with E-state index in [-0.39, 0.29) is 93.6 Å². The number of carbonyl (C=O) groups excluding carboxylic acids is 4. The summed E-state index contributed by atoms with van der Waals surface area (Å²) in [5, 5.41) is 39.7. The van der Waals surface area contributed by atoms with E-state index in [1.165, 1.54) is 40.2 Å². The van der Waals surface area contributed by atoms with Crippen molar-refractivity contribution in [1.82, 2.24) is 20.2 Å². The van der Waals surface area contributed by atoms with E-state index in [9.17, 15) is 34.6 Å². The molecular formula is C18H14N6Na2O7S4. The number of β-lactam (4-membered cyclic amide) rings is 1. The van der Waals surface area contributed by atoms with Gasteiger partial charge in [-0.05, 0) is 5.57 Å². The maximum absolute atomic E-state index is 12.8. The topological polar surface area (TPSA) is 214 Å². The Hall–Kier alpha value is -1.15.